The molecule has 0 aliphatic carbocycles. The van der Waals surface area contributed by atoms with Crippen LogP contribution in [0.25, 0.3) is 11.5 Å². The molecule has 0 saturated carbocycles. The Labute approximate surface area is 134 Å². The Bertz CT molecular complexity index is 720. The number of benzene rings is 2. The number of thioether (sulfide) groups is 1. The number of nitrogens with zero attached hydrogens (tertiary/aromatic N) is 2. The van der Waals surface area contributed by atoms with E-state index in [4.69, 9.17) is 4.42 Å². The van der Waals surface area contributed by atoms with E-state index in [2.05, 4.69) is 48.3 Å². The van der Waals surface area contributed by atoms with Gasteiger partial charge in [0.05, 0.1) is 5.75 Å². The van der Waals surface area contributed by atoms with Crippen LogP contribution in [0.1, 0.15) is 31.2 Å². The van der Waals surface area contributed by atoms with Gasteiger partial charge in [0.2, 0.25) is 11.8 Å². The summed E-state index contributed by atoms with van der Waals surface area (Å²) in [6.45, 7) is 4.40. The lowest BCUT2D eigenvalue weighted by molar-refractivity contribution is 0.528. The topological polar surface area (TPSA) is 38.9 Å². The van der Waals surface area contributed by atoms with Gasteiger partial charge in [0.1, 0.15) is 0 Å². The van der Waals surface area contributed by atoms with Crippen LogP contribution in [0.4, 0.5) is 0 Å². The van der Waals surface area contributed by atoms with Crippen molar-refractivity contribution in [2.24, 2.45) is 0 Å². The third kappa shape index (κ3) is 3.57. The molecule has 0 amide bonds. The standard InChI is InChI=1S/C18H18N2OS/c1-13(2)14-8-10-16(11-9-14)22-12-17-19-20-18(21-17)15-6-4-3-5-7-15/h3-11,13H,12H2,1-2H3. The van der Waals surface area contributed by atoms with Crippen molar-refractivity contribution in [2.75, 3.05) is 0 Å². The first-order chi connectivity index (χ1) is 10.7. The van der Waals surface area contributed by atoms with Gasteiger partial charge in [-0.2, -0.15) is 0 Å². The zero-order valence-electron chi connectivity index (χ0n) is 12.7. The van der Waals surface area contributed by atoms with Crippen molar-refractivity contribution in [3.8, 4) is 11.5 Å². The Morgan fingerprint density at radius 1 is 0.955 bits per heavy atom. The maximum Gasteiger partial charge on any atom is 0.247 e. The van der Waals surface area contributed by atoms with Crippen LogP contribution >= 0.6 is 11.8 Å². The Morgan fingerprint density at radius 3 is 2.36 bits per heavy atom. The third-order valence-corrected chi connectivity index (χ3v) is 4.39. The highest BCUT2D eigenvalue weighted by Crippen LogP contribution is 2.26. The van der Waals surface area contributed by atoms with E-state index in [1.165, 1.54) is 10.5 Å². The third-order valence-electron chi connectivity index (χ3n) is 3.40. The lowest BCUT2D eigenvalue weighted by Gasteiger charge is -2.05. The van der Waals surface area contributed by atoms with Gasteiger partial charge in [0, 0.05) is 10.5 Å². The van der Waals surface area contributed by atoms with Crippen LogP contribution < -0.4 is 0 Å². The summed E-state index contributed by atoms with van der Waals surface area (Å²) in [5.74, 6) is 2.47. The predicted octanol–water partition coefficient (Wildman–Crippen LogP) is 5.15. The van der Waals surface area contributed by atoms with Gasteiger partial charge >= 0.3 is 0 Å². The Hall–Kier alpha value is -2.07. The number of aromatic nitrogens is 2. The smallest absolute Gasteiger partial charge is 0.247 e. The van der Waals surface area contributed by atoms with E-state index in [1.807, 2.05) is 30.3 Å². The van der Waals surface area contributed by atoms with Gasteiger partial charge < -0.3 is 4.42 Å². The lowest BCUT2D eigenvalue weighted by Crippen LogP contribution is -1.86. The first-order valence-corrected chi connectivity index (χ1v) is 8.31. The molecular weight excluding hydrogens is 292 g/mol. The van der Waals surface area contributed by atoms with Crippen molar-refractivity contribution in [3.63, 3.8) is 0 Å². The molecule has 0 N–H and O–H groups in total. The number of hydrogen-bond donors (Lipinski definition) is 0. The second-order valence-corrected chi connectivity index (χ2v) is 6.43. The zero-order chi connectivity index (χ0) is 15.4. The molecule has 3 nitrogen and oxygen atoms in total. The van der Waals surface area contributed by atoms with Gasteiger partial charge in [-0.05, 0) is 35.7 Å². The molecule has 0 bridgehead atoms. The molecule has 3 aromatic rings. The van der Waals surface area contributed by atoms with Crippen molar-refractivity contribution >= 4 is 11.8 Å². The first kappa shape index (κ1) is 14.9. The first-order valence-electron chi connectivity index (χ1n) is 7.33. The van der Waals surface area contributed by atoms with E-state index >= 15 is 0 Å². The van der Waals surface area contributed by atoms with E-state index in [9.17, 15) is 0 Å². The summed E-state index contributed by atoms with van der Waals surface area (Å²) in [6.07, 6.45) is 0. The molecule has 112 valence electrons. The van der Waals surface area contributed by atoms with Gasteiger partial charge in [-0.25, -0.2) is 0 Å². The SMILES string of the molecule is CC(C)c1ccc(SCc2nnc(-c3ccccc3)o2)cc1. The van der Waals surface area contributed by atoms with Crippen LogP contribution in [0, 0.1) is 0 Å². The summed E-state index contributed by atoms with van der Waals surface area (Å²) in [5, 5.41) is 8.22. The highest BCUT2D eigenvalue weighted by Gasteiger charge is 2.08. The van der Waals surface area contributed by atoms with Gasteiger partial charge in [0.25, 0.3) is 0 Å². The summed E-state index contributed by atoms with van der Waals surface area (Å²) >= 11 is 1.71. The molecule has 0 atom stereocenters. The second kappa shape index (κ2) is 6.79. The number of hydrogen-bond acceptors (Lipinski definition) is 4. The second-order valence-electron chi connectivity index (χ2n) is 5.38. The fraction of sp³-hybridized carbons (Fsp3) is 0.222. The molecule has 22 heavy (non-hydrogen) atoms. The summed E-state index contributed by atoms with van der Waals surface area (Å²) in [6, 6.07) is 18.5. The molecule has 2 aromatic carbocycles. The van der Waals surface area contributed by atoms with Crippen molar-refractivity contribution in [2.45, 2.75) is 30.4 Å². The van der Waals surface area contributed by atoms with E-state index < -0.39 is 0 Å². The maximum atomic E-state index is 5.71. The van der Waals surface area contributed by atoms with Crippen LogP contribution in [0.5, 0.6) is 0 Å². The van der Waals surface area contributed by atoms with Crippen molar-refractivity contribution in [1.82, 2.24) is 10.2 Å². The minimum atomic E-state index is 0.559. The minimum absolute atomic E-state index is 0.559. The fourth-order valence-corrected chi connectivity index (χ4v) is 2.84. The molecule has 0 unspecified atom stereocenters. The van der Waals surface area contributed by atoms with Crippen LogP contribution in [0.2, 0.25) is 0 Å². The van der Waals surface area contributed by atoms with Crippen LogP contribution in [-0.4, -0.2) is 10.2 Å². The molecule has 3 rings (SSSR count). The molecule has 0 fully saturated rings. The predicted molar refractivity (Wildman–Crippen MR) is 89.8 cm³/mol. The molecule has 0 aliphatic heterocycles. The quantitative estimate of drug-likeness (QED) is 0.611. The van der Waals surface area contributed by atoms with E-state index in [-0.39, 0.29) is 0 Å². The summed E-state index contributed by atoms with van der Waals surface area (Å²) in [7, 11) is 0. The normalized spacial score (nSPS) is 11.0. The van der Waals surface area contributed by atoms with Gasteiger partial charge in [-0.15, -0.1) is 22.0 Å². The van der Waals surface area contributed by atoms with Gasteiger partial charge in [-0.3, -0.25) is 0 Å². The van der Waals surface area contributed by atoms with E-state index in [0.717, 1.165) is 5.56 Å². The Balaban J connectivity index is 1.63. The molecule has 1 heterocycles. The highest BCUT2D eigenvalue weighted by atomic mass is 32.2. The molecule has 0 spiro atoms. The average Bonchev–Trinajstić information content (AvgIpc) is 3.03. The molecule has 0 radical (unpaired) electrons. The van der Waals surface area contributed by atoms with Crippen LogP contribution in [-0.2, 0) is 5.75 Å². The minimum Gasteiger partial charge on any atom is -0.420 e. The Kier molecular flexibility index (Phi) is 4.59. The highest BCUT2D eigenvalue weighted by molar-refractivity contribution is 7.98. The maximum absolute atomic E-state index is 5.71. The van der Waals surface area contributed by atoms with E-state index in [0.29, 0.717) is 23.5 Å². The van der Waals surface area contributed by atoms with Gasteiger partial charge in [0.15, 0.2) is 0 Å². The Morgan fingerprint density at radius 2 is 1.68 bits per heavy atom. The summed E-state index contributed by atoms with van der Waals surface area (Å²) < 4.78 is 5.71. The molecule has 0 saturated heterocycles. The molecule has 1 aromatic heterocycles. The molecular formula is C18H18N2OS. The average molecular weight is 310 g/mol. The number of rotatable bonds is 5. The largest absolute Gasteiger partial charge is 0.420 e. The summed E-state index contributed by atoms with van der Waals surface area (Å²) in [4.78, 5) is 1.21. The summed E-state index contributed by atoms with van der Waals surface area (Å²) in [5.41, 5.74) is 2.31. The van der Waals surface area contributed by atoms with Crippen LogP contribution in [0.15, 0.2) is 63.9 Å². The van der Waals surface area contributed by atoms with Crippen molar-refractivity contribution in [3.05, 3.63) is 66.1 Å². The zero-order valence-corrected chi connectivity index (χ0v) is 13.5. The van der Waals surface area contributed by atoms with Crippen molar-refractivity contribution < 1.29 is 4.42 Å². The van der Waals surface area contributed by atoms with Crippen LogP contribution in [0.3, 0.4) is 0 Å². The fourth-order valence-electron chi connectivity index (χ4n) is 2.10. The monoisotopic (exact) mass is 310 g/mol. The molecule has 0 aliphatic rings. The lowest BCUT2D eigenvalue weighted by atomic mass is 10.0. The van der Waals surface area contributed by atoms with Gasteiger partial charge in [-0.1, -0.05) is 44.2 Å². The molecule has 4 heteroatoms. The van der Waals surface area contributed by atoms with E-state index in [1.54, 1.807) is 11.8 Å². The van der Waals surface area contributed by atoms with Crippen molar-refractivity contribution in [1.29, 1.82) is 0 Å².